The molecule has 0 aliphatic rings. The molecule has 0 radical (unpaired) electrons. The number of aromatic nitrogens is 3. The van der Waals surface area contributed by atoms with Crippen molar-refractivity contribution < 1.29 is 0 Å². The van der Waals surface area contributed by atoms with Crippen LogP contribution in [0.25, 0.3) is 5.65 Å². The molecule has 22 heavy (non-hydrogen) atoms. The predicted molar refractivity (Wildman–Crippen MR) is 81.6 cm³/mol. The van der Waals surface area contributed by atoms with E-state index >= 15 is 0 Å². The number of hydrogen-bond donors (Lipinski definition) is 2. The van der Waals surface area contributed by atoms with Crippen LogP contribution >= 0.6 is 11.6 Å². The van der Waals surface area contributed by atoms with Gasteiger partial charge >= 0.3 is 0 Å². The number of nitrogens with one attached hydrogen (secondary N) is 1. The normalized spacial score (nSPS) is 10.1. The van der Waals surface area contributed by atoms with Crippen molar-refractivity contribution in [3.63, 3.8) is 0 Å². The van der Waals surface area contributed by atoms with E-state index in [9.17, 15) is 0 Å². The molecule has 0 unspecified atom stereocenters. The Hall–Kier alpha value is -3.29. The van der Waals surface area contributed by atoms with E-state index in [1.165, 1.54) is 10.7 Å². The summed E-state index contributed by atoms with van der Waals surface area (Å²) in [5, 5.41) is 25.7. The summed E-state index contributed by atoms with van der Waals surface area (Å²) in [4.78, 5) is 4.04. The fraction of sp³-hybridized carbons (Fsp3) is 0. The van der Waals surface area contributed by atoms with Gasteiger partial charge in [-0.2, -0.15) is 15.0 Å². The topological polar surface area (TPSA) is 116 Å². The second kappa shape index (κ2) is 5.24. The summed E-state index contributed by atoms with van der Waals surface area (Å²) in [6.07, 6.45) is 1.40. The smallest absolute Gasteiger partial charge is 0.178 e. The van der Waals surface area contributed by atoms with Crippen LogP contribution in [0.3, 0.4) is 0 Å². The number of halogens is 1. The maximum atomic E-state index is 9.04. The van der Waals surface area contributed by atoms with Crippen molar-refractivity contribution in [2.24, 2.45) is 0 Å². The standard InChI is InChI=1S/C14H8ClN7/c15-9-1-8(5-16)2-10(3-9)20-13-4-12(18)14-19-7-11(6-17)22(14)21-13/h1-4,7H,18H2,(H,20,21). The van der Waals surface area contributed by atoms with E-state index in [4.69, 9.17) is 27.9 Å². The number of nitrogens with zero attached hydrogens (tertiary/aromatic N) is 5. The summed E-state index contributed by atoms with van der Waals surface area (Å²) in [6, 6.07) is 10.4. The molecule has 0 saturated carbocycles. The molecule has 2 aromatic heterocycles. The Balaban J connectivity index is 2.06. The first kappa shape index (κ1) is 13.7. The van der Waals surface area contributed by atoms with Gasteiger partial charge in [0.1, 0.15) is 6.07 Å². The van der Waals surface area contributed by atoms with Gasteiger partial charge in [0.15, 0.2) is 17.2 Å². The number of nitriles is 2. The molecule has 0 spiro atoms. The van der Waals surface area contributed by atoms with E-state index in [2.05, 4.69) is 15.4 Å². The summed E-state index contributed by atoms with van der Waals surface area (Å²) in [5.41, 5.74) is 7.98. The van der Waals surface area contributed by atoms with Crippen LogP contribution in [0.1, 0.15) is 11.3 Å². The lowest BCUT2D eigenvalue weighted by atomic mass is 10.2. The average Bonchev–Trinajstić information content (AvgIpc) is 2.90. The Morgan fingerprint density at radius 1 is 1.18 bits per heavy atom. The highest BCUT2D eigenvalue weighted by Crippen LogP contribution is 2.23. The second-order valence-corrected chi connectivity index (χ2v) is 4.88. The van der Waals surface area contributed by atoms with Crippen LogP contribution in [0.4, 0.5) is 17.2 Å². The van der Waals surface area contributed by atoms with E-state index < -0.39 is 0 Å². The minimum absolute atomic E-state index is 0.272. The minimum Gasteiger partial charge on any atom is -0.396 e. The Morgan fingerprint density at radius 2 is 2.00 bits per heavy atom. The van der Waals surface area contributed by atoms with Crippen LogP contribution in [0.2, 0.25) is 5.02 Å². The third kappa shape index (κ3) is 2.37. The van der Waals surface area contributed by atoms with Crippen molar-refractivity contribution in [2.75, 3.05) is 11.1 Å². The van der Waals surface area contributed by atoms with Crippen LogP contribution < -0.4 is 11.1 Å². The van der Waals surface area contributed by atoms with Gasteiger partial charge in [0.25, 0.3) is 0 Å². The molecule has 2 heterocycles. The molecule has 0 aliphatic carbocycles. The molecule has 0 bridgehead atoms. The molecular formula is C14H8ClN7. The lowest BCUT2D eigenvalue weighted by molar-refractivity contribution is 0.928. The van der Waals surface area contributed by atoms with E-state index in [1.54, 1.807) is 24.3 Å². The maximum absolute atomic E-state index is 9.04. The van der Waals surface area contributed by atoms with Crippen LogP contribution in [-0.4, -0.2) is 14.6 Å². The highest BCUT2D eigenvalue weighted by Gasteiger charge is 2.10. The highest BCUT2D eigenvalue weighted by molar-refractivity contribution is 6.31. The zero-order valence-corrected chi connectivity index (χ0v) is 11.8. The molecule has 0 fully saturated rings. The lowest BCUT2D eigenvalue weighted by Gasteiger charge is -2.08. The maximum Gasteiger partial charge on any atom is 0.178 e. The SMILES string of the molecule is N#Cc1cc(Cl)cc(Nc2cc(N)c3ncc(C#N)n3n2)c1. The van der Waals surface area contributed by atoms with Gasteiger partial charge in [0, 0.05) is 16.8 Å². The number of imidazole rings is 1. The molecule has 3 rings (SSSR count). The summed E-state index contributed by atoms with van der Waals surface area (Å²) in [6.45, 7) is 0. The number of nitrogen functional groups attached to an aromatic ring is 1. The molecule has 3 aromatic rings. The fourth-order valence-corrected chi connectivity index (χ4v) is 2.24. The third-order valence-corrected chi connectivity index (χ3v) is 3.13. The molecule has 8 heteroatoms. The lowest BCUT2D eigenvalue weighted by Crippen LogP contribution is -2.04. The number of hydrogen-bond acceptors (Lipinski definition) is 6. The number of anilines is 3. The van der Waals surface area contributed by atoms with Gasteiger partial charge in [0.05, 0.1) is 23.5 Å². The predicted octanol–water partition coefficient (Wildman–Crippen LogP) is 2.45. The molecule has 0 amide bonds. The molecule has 0 aliphatic heterocycles. The quantitative estimate of drug-likeness (QED) is 0.751. The fourth-order valence-electron chi connectivity index (χ4n) is 2.00. The van der Waals surface area contributed by atoms with Crippen molar-refractivity contribution in [2.45, 2.75) is 0 Å². The Labute approximate surface area is 130 Å². The van der Waals surface area contributed by atoms with Gasteiger partial charge in [-0.05, 0) is 18.2 Å². The molecule has 106 valence electrons. The van der Waals surface area contributed by atoms with Crippen LogP contribution in [0, 0.1) is 22.7 Å². The van der Waals surface area contributed by atoms with Crippen molar-refractivity contribution in [1.29, 1.82) is 10.5 Å². The zero-order valence-electron chi connectivity index (χ0n) is 11.1. The molecule has 1 aromatic carbocycles. The first-order valence-corrected chi connectivity index (χ1v) is 6.50. The number of fused-ring (bicyclic) bond motifs is 1. The van der Waals surface area contributed by atoms with E-state index in [1.807, 2.05) is 12.1 Å². The first-order chi connectivity index (χ1) is 10.6. The Bertz CT molecular complexity index is 962. The van der Waals surface area contributed by atoms with E-state index in [0.717, 1.165) is 0 Å². The van der Waals surface area contributed by atoms with Crippen molar-refractivity contribution in [3.8, 4) is 12.1 Å². The monoisotopic (exact) mass is 309 g/mol. The van der Waals surface area contributed by atoms with Gasteiger partial charge in [-0.1, -0.05) is 11.6 Å². The zero-order chi connectivity index (χ0) is 15.7. The Morgan fingerprint density at radius 3 is 2.73 bits per heavy atom. The summed E-state index contributed by atoms with van der Waals surface area (Å²) < 4.78 is 1.35. The van der Waals surface area contributed by atoms with Gasteiger partial charge in [-0.3, -0.25) is 0 Å². The van der Waals surface area contributed by atoms with Crippen molar-refractivity contribution in [3.05, 3.63) is 46.7 Å². The minimum atomic E-state index is 0.272. The van der Waals surface area contributed by atoms with Gasteiger partial charge in [-0.25, -0.2) is 4.98 Å². The largest absolute Gasteiger partial charge is 0.396 e. The van der Waals surface area contributed by atoms with Crippen LogP contribution in [0.15, 0.2) is 30.5 Å². The van der Waals surface area contributed by atoms with Crippen molar-refractivity contribution >= 4 is 34.4 Å². The summed E-state index contributed by atoms with van der Waals surface area (Å²) in [7, 11) is 0. The molecule has 0 atom stereocenters. The van der Waals surface area contributed by atoms with E-state index in [0.29, 0.717) is 33.4 Å². The number of benzene rings is 1. The van der Waals surface area contributed by atoms with Crippen molar-refractivity contribution in [1.82, 2.24) is 14.6 Å². The number of nitrogens with two attached hydrogens (primary N) is 1. The van der Waals surface area contributed by atoms with Crippen LogP contribution in [-0.2, 0) is 0 Å². The summed E-state index contributed by atoms with van der Waals surface area (Å²) >= 11 is 5.96. The Kier molecular flexibility index (Phi) is 3.26. The first-order valence-electron chi connectivity index (χ1n) is 6.13. The molecule has 0 saturated heterocycles. The van der Waals surface area contributed by atoms with E-state index in [-0.39, 0.29) is 5.69 Å². The second-order valence-electron chi connectivity index (χ2n) is 4.44. The molecule has 3 N–H and O–H groups in total. The molecular weight excluding hydrogens is 302 g/mol. The average molecular weight is 310 g/mol. The molecule has 7 nitrogen and oxygen atoms in total. The van der Waals surface area contributed by atoms with Gasteiger partial charge in [0.2, 0.25) is 0 Å². The number of rotatable bonds is 2. The third-order valence-electron chi connectivity index (χ3n) is 2.91. The van der Waals surface area contributed by atoms with Crippen LogP contribution in [0.5, 0.6) is 0 Å². The summed E-state index contributed by atoms with van der Waals surface area (Å²) in [5.74, 6) is 0.408. The van der Waals surface area contributed by atoms with Gasteiger partial charge in [-0.15, -0.1) is 5.10 Å². The highest BCUT2D eigenvalue weighted by atomic mass is 35.5. The van der Waals surface area contributed by atoms with Gasteiger partial charge < -0.3 is 11.1 Å².